The Kier molecular flexibility index (Phi) is 5.46. The first-order valence-electron chi connectivity index (χ1n) is 12.4. The van der Waals surface area contributed by atoms with Gasteiger partial charge in [-0.05, 0) is 65.8 Å². The minimum Gasteiger partial charge on any atom is -0.548 e. The van der Waals surface area contributed by atoms with Crippen molar-refractivity contribution in [2.45, 2.75) is 52.8 Å². The SMILES string of the molecule is C[Si](C)(C)OC1=CC[C@@H]2[C@H](C1)S(=O)(=O)c1ccc3ccccc3c1-c1c(ccc3ccccc13)S2(=O)=O. The Bertz CT molecular complexity index is 1830. The van der Waals surface area contributed by atoms with E-state index in [0.29, 0.717) is 16.9 Å². The van der Waals surface area contributed by atoms with Gasteiger partial charge in [-0.3, -0.25) is 0 Å². The summed E-state index contributed by atoms with van der Waals surface area (Å²) in [7, 11) is -10.1. The molecule has 1 aliphatic heterocycles. The van der Waals surface area contributed by atoms with E-state index in [-0.39, 0.29) is 22.6 Å². The fraction of sp³-hybridized carbons (Fsp3) is 0.241. The van der Waals surface area contributed by atoms with Crippen LogP contribution in [0.4, 0.5) is 0 Å². The number of rotatable bonds is 2. The lowest BCUT2D eigenvalue weighted by Crippen LogP contribution is -2.44. The molecule has 0 radical (unpaired) electrons. The predicted molar refractivity (Wildman–Crippen MR) is 151 cm³/mol. The van der Waals surface area contributed by atoms with Gasteiger partial charge in [0.1, 0.15) is 0 Å². The molecule has 190 valence electrons. The van der Waals surface area contributed by atoms with Crippen LogP contribution in [0, 0.1) is 0 Å². The van der Waals surface area contributed by atoms with E-state index in [1.54, 1.807) is 18.2 Å². The molecule has 0 bridgehead atoms. The first kappa shape index (κ1) is 24.4. The van der Waals surface area contributed by atoms with Crippen molar-refractivity contribution in [3.8, 4) is 11.1 Å². The van der Waals surface area contributed by atoms with Crippen LogP contribution in [0.25, 0.3) is 32.7 Å². The molecule has 1 aliphatic carbocycles. The third-order valence-electron chi connectivity index (χ3n) is 7.27. The third kappa shape index (κ3) is 3.85. The molecule has 8 heteroatoms. The zero-order chi connectivity index (χ0) is 26.2. The van der Waals surface area contributed by atoms with Crippen LogP contribution in [0.2, 0.25) is 19.6 Å². The van der Waals surface area contributed by atoms with Crippen LogP contribution in [-0.2, 0) is 24.1 Å². The number of fused-ring (bicyclic) bond motifs is 8. The fourth-order valence-corrected chi connectivity index (χ4v) is 11.5. The van der Waals surface area contributed by atoms with Gasteiger partial charge in [0, 0.05) is 17.5 Å². The Morgan fingerprint density at radius 2 is 1.16 bits per heavy atom. The molecule has 0 unspecified atom stereocenters. The second kappa shape index (κ2) is 8.28. The highest BCUT2D eigenvalue weighted by Gasteiger charge is 2.48. The van der Waals surface area contributed by atoms with E-state index in [0.717, 1.165) is 21.5 Å². The van der Waals surface area contributed by atoms with Crippen molar-refractivity contribution < 1.29 is 21.3 Å². The van der Waals surface area contributed by atoms with Crippen LogP contribution in [0.15, 0.2) is 94.4 Å². The van der Waals surface area contributed by atoms with Gasteiger partial charge in [-0.1, -0.05) is 60.7 Å². The second-order valence-electron chi connectivity index (χ2n) is 10.8. The van der Waals surface area contributed by atoms with Gasteiger partial charge in [-0.2, -0.15) is 0 Å². The van der Waals surface area contributed by atoms with Gasteiger partial charge >= 0.3 is 0 Å². The van der Waals surface area contributed by atoms with Crippen molar-refractivity contribution >= 4 is 49.5 Å². The second-order valence-corrected chi connectivity index (χ2v) is 19.5. The number of hydrogen-bond acceptors (Lipinski definition) is 5. The summed E-state index contributed by atoms with van der Waals surface area (Å²) in [6, 6.07) is 22.1. The Morgan fingerprint density at radius 3 is 1.68 bits per heavy atom. The monoisotopic (exact) mass is 548 g/mol. The summed E-state index contributed by atoms with van der Waals surface area (Å²) in [5.41, 5.74) is 0.939. The third-order valence-corrected chi connectivity index (χ3v) is 12.8. The largest absolute Gasteiger partial charge is 0.548 e. The molecular formula is C29H28O5S2Si. The van der Waals surface area contributed by atoms with E-state index in [1.165, 1.54) is 0 Å². The molecule has 1 heterocycles. The van der Waals surface area contributed by atoms with E-state index < -0.39 is 38.5 Å². The lowest BCUT2D eigenvalue weighted by Gasteiger charge is -2.35. The van der Waals surface area contributed by atoms with Crippen molar-refractivity contribution in [3.63, 3.8) is 0 Å². The average molecular weight is 549 g/mol. The first-order valence-corrected chi connectivity index (χ1v) is 18.9. The summed E-state index contributed by atoms with van der Waals surface area (Å²) in [6.45, 7) is 6.10. The van der Waals surface area contributed by atoms with Gasteiger partial charge < -0.3 is 4.43 Å². The zero-order valence-corrected chi connectivity index (χ0v) is 23.6. The van der Waals surface area contributed by atoms with Crippen LogP contribution in [0.3, 0.4) is 0 Å². The molecule has 0 saturated heterocycles. The van der Waals surface area contributed by atoms with E-state index in [4.69, 9.17) is 4.43 Å². The fourth-order valence-electron chi connectivity index (χ4n) is 5.74. The normalized spacial score (nSPS) is 22.2. The summed E-state index contributed by atoms with van der Waals surface area (Å²) in [5.74, 6) is 0.584. The molecule has 6 rings (SSSR count). The van der Waals surface area contributed by atoms with Crippen molar-refractivity contribution in [1.29, 1.82) is 0 Å². The Labute approximate surface area is 218 Å². The maximum atomic E-state index is 14.5. The standard InChI is InChI=1S/C29H28O5S2Si/c1-37(2,3)34-21-14-17-24-27(18-21)36(32,33)26-16-13-20-9-5-7-11-23(20)29(26)28-22-10-6-4-8-19(22)12-15-25(28)35(24,30)31/h4-16,24,27H,17-18H2,1-3H3/t24-,27+/m1/s1. The van der Waals surface area contributed by atoms with Gasteiger partial charge in [0.25, 0.3) is 0 Å². The molecule has 4 aromatic rings. The summed E-state index contributed by atoms with van der Waals surface area (Å²) >= 11 is 0. The smallest absolute Gasteiger partial charge is 0.241 e. The van der Waals surface area contributed by atoms with Gasteiger partial charge in [0.2, 0.25) is 8.32 Å². The molecule has 4 aromatic carbocycles. The number of benzene rings is 4. The van der Waals surface area contributed by atoms with Crippen LogP contribution >= 0.6 is 0 Å². The Balaban J connectivity index is 1.75. The number of sulfone groups is 2. The molecular weight excluding hydrogens is 521 g/mol. The molecule has 2 atom stereocenters. The molecule has 0 amide bonds. The lowest BCUT2D eigenvalue weighted by molar-refractivity contribution is 0.378. The molecule has 2 aliphatic rings. The summed E-state index contributed by atoms with van der Waals surface area (Å²) < 4.78 is 63.8. The number of hydrogen-bond donors (Lipinski definition) is 0. The molecule has 37 heavy (non-hydrogen) atoms. The molecule has 0 spiro atoms. The molecule has 0 saturated carbocycles. The highest BCUT2D eigenvalue weighted by atomic mass is 32.2. The van der Waals surface area contributed by atoms with E-state index in [2.05, 4.69) is 0 Å². The zero-order valence-electron chi connectivity index (χ0n) is 20.9. The van der Waals surface area contributed by atoms with Crippen LogP contribution in [0.1, 0.15) is 12.8 Å². The number of allylic oxidation sites excluding steroid dienone is 2. The van der Waals surface area contributed by atoms with Crippen molar-refractivity contribution in [2.24, 2.45) is 0 Å². The summed E-state index contributed by atoms with van der Waals surface area (Å²) in [6.07, 6.45) is 1.93. The van der Waals surface area contributed by atoms with Crippen LogP contribution < -0.4 is 0 Å². The summed E-state index contributed by atoms with van der Waals surface area (Å²) in [4.78, 5) is 0.375. The molecule has 0 N–H and O–H groups in total. The molecule has 5 nitrogen and oxygen atoms in total. The highest BCUT2D eigenvalue weighted by molar-refractivity contribution is 7.96. The molecule has 0 aromatic heterocycles. The molecule has 0 fully saturated rings. The quantitative estimate of drug-likeness (QED) is 0.268. The Morgan fingerprint density at radius 1 is 0.676 bits per heavy atom. The van der Waals surface area contributed by atoms with Crippen molar-refractivity contribution in [2.75, 3.05) is 0 Å². The minimum absolute atomic E-state index is 0.0473. The average Bonchev–Trinajstić information content (AvgIpc) is 2.85. The van der Waals surface area contributed by atoms with E-state index >= 15 is 0 Å². The van der Waals surface area contributed by atoms with Crippen LogP contribution in [-0.4, -0.2) is 35.7 Å². The van der Waals surface area contributed by atoms with Crippen LogP contribution in [0.5, 0.6) is 0 Å². The minimum atomic E-state index is -4.05. The lowest BCUT2D eigenvalue weighted by atomic mass is 9.93. The maximum absolute atomic E-state index is 14.5. The highest BCUT2D eigenvalue weighted by Crippen LogP contribution is 2.48. The van der Waals surface area contributed by atoms with E-state index in [1.807, 2.05) is 80.3 Å². The topological polar surface area (TPSA) is 77.5 Å². The van der Waals surface area contributed by atoms with Gasteiger partial charge in [0.05, 0.1) is 26.1 Å². The first-order chi connectivity index (χ1) is 17.5. The van der Waals surface area contributed by atoms with Gasteiger partial charge in [-0.25, -0.2) is 16.8 Å². The van der Waals surface area contributed by atoms with Gasteiger partial charge in [0.15, 0.2) is 19.7 Å². The maximum Gasteiger partial charge on any atom is 0.241 e. The predicted octanol–water partition coefficient (Wildman–Crippen LogP) is 6.49. The summed E-state index contributed by atoms with van der Waals surface area (Å²) in [5, 5.41) is 0.943. The van der Waals surface area contributed by atoms with Crippen molar-refractivity contribution in [1.82, 2.24) is 0 Å². The van der Waals surface area contributed by atoms with E-state index in [9.17, 15) is 16.8 Å². The van der Waals surface area contributed by atoms with Gasteiger partial charge in [-0.15, -0.1) is 0 Å². The Hall–Kier alpha value is -2.94. The van der Waals surface area contributed by atoms with Crippen molar-refractivity contribution in [3.05, 3.63) is 84.6 Å².